The molecule has 0 saturated carbocycles. The van der Waals surface area contributed by atoms with Crippen LogP contribution in [0.25, 0.3) is 0 Å². The minimum atomic E-state index is 0.593. The Labute approximate surface area is 77.9 Å². The Bertz CT molecular complexity index is 308. The average Bonchev–Trinajstić information content (AvgIpc) is 2.16. The SMILES string of the molecule is COc1cccc(N(C)C)c1C=O. The van der Waals surface area contributed by atoms with Crippen molar-refractivity contribution in [3.05, 3.63) is 23.8 Å². The van der Waals surface area contributed by atoms with Crippen LogP contribution in [0.1, 0.15) is 10.4 Å². The van der Waals surface area contributed by atoms with Crippen molar-refractivity contribution in [2.75, 3.05) is 26.1 Å². The molecule has 1 aromatic carbocycles. The Kier molecular flexibility index (Phi) is 2.90. The molecule has 1 rings (SSSR count). The molecule has 13 heavy (non-hydrogen) atoms. The van der Waals surface area contributed by atoms with Crippen molar-refractivity contribution in [1.29, 1.82) is 0 Å². The number of methoxy groups -OCH3 is 1. The Morgan fingerprint density at radius 1 is 1.38 bits per heavy atom. The van der Waals surface area contributed by atoms with Crippen molar-refractivity contribution >= 4 is 12.0 Å². The van der Waals surface area contributed by atoms with E-state index in [0.29, 0.717) is 11.3 Å². The second-order valence-electron chi connectivity index (χ2n) is 2.91. The fourth-order valence-corrected chi connectivity index (χ4v) is 1.22. The largest absolute Gasteiger partial charge is 0.496 e. The molecule has 0 spiro atoms. The number of hydrogen-bond acceptors (Lipinski definition) is 3. The van der Waals surface area contributed by atoms with E-state index in [1.54, 1.807) is 13.2 Å². The molecule has 0 heterocycles. The lowest BCUT2D eigenvalue weighted by Gasteiger charge is -2.16. The van der Waals surface area contributed by atoms with Crippen LogP contribution < -0.4 is 9.64 Å². The maximum atomic E-state index is 10.8. The Morgan fingerprint density at radius 2 is 2.08 bits per heavy atom. The number of rotatable bonds is 3. The molecule has 0 atom stereocenters. The summed E-state index contributed by atoms with van der Waals surface area (Å²) in [5, 5.41) is 0. The van der Waals surface area contributed by atoms with Gasteiger partial charge in [-0.15, -0.1) is 0 Å². The first-order valence-electron chi connectivity index (χ1n) is 4.00. The molecule has 0 saturated heterocycles. The van der Waals surface area contributed by atoms with Gasteiger partial charge in [-0.3, -0.25) is 4.79 Å². The highest BCUT2D eigenvalue weighted by molar-refractivity contribution is 5.88. The predicted molar refractivity (Wildman–Crippen MR) is 52.7 cm³/mol. The van der Waals surface area contributed by atoms with Crippen LogP contribution in [0.4, 0.5) is 5.69 Å². The normalized spacial score (nSPS) is 9.46. The molecule has 0 aliphatic carbocycles. The van der Waals surface area contributed by atoms with Gasteiger partial charge in [0.15, 0.2) is 6.29 Å². The maximum absolute atomic E-state index is 10.8. The van der Waals surface area contributed by atoms with Crippen molar-refractivity contribution in [1.82, 2.24) is 0 Å². The minimum absolute atomic E-state index is 0.593. The second kappa shape index (κ2) is 3.94. The summed E-state index contributed by atoms with van der Waals surface area (Å²) in [4.78, 5) is 12.7. The summed E-state index contributed by atoms with van der Waals surface area (Å²) >= 11 is 0. The molecule has 0 N–H and O–H groups in total. The zero-order valence-corrected chi connectivity index (χ0v) is 8.07. The van der Waals surface area contributed by atoms with Gasteiger partial charge in [0.2, 0.25) is 0 Å². The predicted octanol–water partition coefficient (Wildman–Crippen LogP) is 1.57. The van der Waals surface area contributed by atoms with Gasteiger partial charge in [-0.2, -0.15) is 0 Å². The van der Waals surface area contributed by atoms with Crippen LogP contribution in [0.5, 0.6) is 5.75 Å². The topological polar surface area (TPSA) is 29.5 Å². The van der Waals surface area contributed by atoms with Crippen LogP contribution in [0.15, 0.2) is 18.2 Å². The van der Waals surface area contributed by atoms with Crippen LogP contribution in [-0.4, -0.2) is 27.5 Å². The van der Waals surface area contributed by atoms with Crippen molar-refractivity contribution < 1.29 is 9.53 Å². The summed E-state index contributed by atoms with van der Waals surface area (Å²) in [5.74, 6) is 0.612. The quantitative estimate of drug-likeness (QED) is 0.660. The summed E-state index contributed by atoms with van der Waals surface area (Å²) in [7, 11) is 5.34. The van der Waals surface area contributed by atoms with Gasteiger partial charge in [-0.1, -0.05) is 6.07 Å². The highest BCUT2D eigenvalue weighted by Gasteiger charge is 2.08. The van der Waals surface area contributed by atoms with Crippen LogP contribution >= 0.6 is 0 Å². The molecular formula is C10H13NO2. The number of hydrogen-bond donors (Lipinski definition) is 0. The standard InChI is InChI=1S/C10H13NO2/c1-11(2)9-5-4-6-10(13-3)8(9)7-12/h4-7H,1-3H3. The Balaban J connectivity index is 3.27. The molecule has 0 aliphatic heterocycles. The van der Waals surface area contributed by atoms with E-state index >= 15 is 0 Å². The van der Waals surface area contributed by atoms with E-state index in [4.69, 9.17) is 4.74 Å². The van der Waals surface area contributed by atoms with E-state index in [9.17, 15) is 4.79 Å². The molecule has 0 radical (unpaired) electrons. The highest BCUT2D eigenvalue weighted by atomic mass is 16.5. The molecule has 0 amide bonds. The first-order valence-corrected chi connectivity index (χ1v) is 4.00. The van der Waals surface area contributed by atoms with Gasteiger partial charge in [0, 0.05) is 14.1 Å². The molecule has 3 heteroatoms. The second-order valence-corrected chi connectivity index (χ2v) is 2.91. The number of carbonyl (C=O) groups excluding carboxylic acids is 1. The van der Waals surface area contributed by atoms with Crippen LogP contribution in [-0.2, 0) is 0 Å². The molecule has 0 aliphatic rings. The van der Waals surface area contributed by atoms with Gasteiger partial charge in [0.05, 0.1) is 18.4 Å². The fourth-order valence-electron chi connectivity index (χ4n) is 1.22. The molecular weight excluding hydrogens is 166 g/mol. The van der Waals surface area contributed by atoms with Crippen LogP contribution in [0.3, 0.4) is 0 Å². The van der Waals surface area contributed by atoms with Gasteiger partial charge < -0.3 is 9.64 Å². The smallest absolute Gasteiger partial charge is 0.155 e. The third kappa shape index (κ3) is 1.80. The molecule has 0 fully saturated rings. The van der Waals surface area contributed by atoms with Crippen LogP contribution in [0, 0.1) is 0 Å². The summed E-state index contributed by atoms with van der Waals surface area (Å²) in [5.41, 5.74) is 1.46. The number of aldehydes is 1. The number of nitrogens with zero attached hydrogens (tertiary/aromatic N) is 1. The first kappa shape index (κ1) is 9.58. The monoisotopic (exact) mass is 179 g/mol. The summed E-state index contributed by atoms with van der Waals surface area (Å²) in [6, 6.07) is 5.52. The van der Waals surface area contributed by atoms with E-state index < -0.39 is 0 Å². The number of ether oxygens (including phenoxy) is 1. The lowest BCUT2D eigenvalue weighted by Crippen LogP contribution is -2.11. The third-order valence-corrected chi connectivity index (χ3v) is 1.86. The average molecular weight is 179 g/mol. The molecule has 0 aromatic heterocycles. The summed E-state index contributed by atoms with van der Waals surface area (Å²) < 4.78 is 5.07. The molecule has 70 valence electrons. The van der Waals surface area contributed by atoms with E-state index in [1.165, 1.54) is 0 Å². The number of benzene rings is 1. The summed E-state index contributed by atoms with van der Waals surface area (Å²) in [6.07, 6.45) is 0.814. The van der Waals surface area contributed by atoms with Crippen LogP contribution in [0.2, 0.25) is 0 Å². The van der Waals surface area contributed by atoms with Crippen molar-refractivity contribution in [3.8, 4) is 5.75 Å². The lowest BCUT2D eigenvalue weighted by atomic mass is 10.1. The fraction of sp³-hybridized carbons (Fsp3) is 0.300. The van der Waals surface area contributed by atoms with E-state index in [1.807, 2.05) is 31.1 Å². The molecule has 0 bridgehead atoms. The molecule has 3 nitrogen and oxygen atoms in total. The van der Waals surface area contributed by atoms with E-state index in [2.05, 4.69) is 0 Å². The Morgan fingerprint density at radius 3 is 2.54 bits per heavy atom. The first-order chi connectivity index (χ1) is 6.20. The number of anilines is 1. The zero-order chi connectivity index (χ0) is 9.84. The third-order valence-electron chi connectivity index (χ3n) is 1.86. The molecule has 1 aromatic rings. The van der Waals surface area contributed by atoms with Crippen molar-refractivity contribution in [2.24, 2.45) is 0 Å². The van der Waals surface area contributed by atoms with E-state index in [-0.39, 0.29) is 0 Å². The van der Waals surface area contributed by atoms with Crippen molar-refractivity contribution in [3.63, 3.8) is 0 Å². The zero-order valence-electron chi connectivity index (χ0n) is 8.07. The van der Waals surface area contributed by atoms with Gasteiger partial charge in [0.25, 0.3) is 0 Å². The van der Waals surface area contributed by atoms with E-state index in [0.717, 1.165) is 12.0 Å². The van der Waals surface area contributed by atoms with Gasteiger partial charge in [-0.05, 0) is 12.1 Å². The summed E-state index contributed by atoms with van der Waals surface area (Å²) in [6.45, 7) is 0. The minimum Gasteiger partial charge on any atom is -0.496 e. The Hall–Kier alpha value is -1.51. The lowest BCUT2D eigenvalue weighted by molar-refractivity contribution is 0.112. The van der Waals surface area contributed by atoms with Gasteiger partial charge >= 0.3 is 0 Å². The molecule has 0 unspecified atom stereocenters. The van der Waals surface area contributed by atoms with Crippen molar-refractivity contribution in [2.45, 2.75) is 0 Å². The number of carbonyl (C=O) groups is 1. The van der Waals surface area contributed by atoms with Gasteiger partial charge in [-0.25, -0.2) is 0 Å². The highest BCUT2D eigenvalue weighted by Crippen LogP contribution is 2.25. The maximum Gasteiger partial charge on any atom is 0.155 e. The van der Waals surface area contributed by atoms with Gasteiger partial charge in [0.1, 0.15) is 5.75 Å².